The van der Waals surface area contributed by atoms with Crippen LogP contribution >= 0.6 is 24.0 Å². The molecule has 0 aromatic rings. The van der Waals surface area contributed by atoms with Gasteiger partial charge in [-0.1, -0.05) is 0 Å². The molecule has 0 bridgehead atoms. The zero-order valence-electron chi connectivity index (χ0n) is 5.85. The summed E-state index contributed by atoms with van der Waals surface area (Å²) in [5.41, 5.74) is 0.390. The number of nitrogens with zero attached hydrogens (tertiary/aromatic N) is 1. The average molecular weight is 170 g/mol. The van der Waals surface area contributed by atoms with Crippen LogP contribution in [-0.2, 0) is 0 Å². The third kappa shape index (κ3) is 1.73. The molecule has 56 valence electrons. The van der Waals surface area contributed by atoms with Crippen molar-refractivity contribution in [2.24, 2.45) is 0 Å². The fraction of sp³-hybridized carbons (Fsp3) is 1.00. The maximum absolute atomic E-state index is 5.71. The quantitative estimate of drug-likeness (QED) is 0.570. The maximum Gasteiger partial charge on any atom is 0.0408 e. The SMILES string of the molecule is CN(C)C1(CCl)CC1.Cl. The zero-order valence-corrected chi connectivity index (χ0v) is 7.43. The third-order valence-corrected chi connectivity index (χ3v) is 2.52. The van der Waals surface area contributed by atoms with Crippen LogP contribution in [0.15, 0.2) is 0 Å². The Hall–Kier alpha value is 0.540. The van der Waals surface area contributed by atoms with Gasteiger partial charge in [0.25, 0.3) is 0 Å². The lowest BCUT2D eigenvalue weighted by Crippen LogP contribution is -2.31. The van der Waals surface area contributed by atoms with Crippen LogP contribution in [0.5, 0.6) is 0 Å². The molecule has 0 aromatic carbocycles. The van der Waals surface area contributed by atoms with Crippen molar-refractivity contribution in [1.82, 2.24) is 4.90 Å². The van der Waals surface area contributed by atoms with Gasteiger partial charge in [-0.2, -0.15) is 0 Å². The van der Waals surface area contributed by atoms with Gasteiger partial charge >= 0.3 is 0 Å². The number of rotatable bonds is 2. The second-order valence-electron chi connectivity index (χ2n) is 2.75. The van der Waals surface area contributed by atoms with Crippen molar-refractivity contribution in [2.45, 2.75) is 18.4 Å². The maximum atomic E-state index is 5.71. The van der Waals surface area contributed by atoms with Crippen molar-refractivity contribution in [3.8, 4) is 0 Å². The van der Waals surface area contributed by atoms with Crippen LogP contribution in [0.2, 0.25) is 0 Å². The van der Waals surface area contributed by atoms with E-state index in [0.717, 1.165) is 5.88 Å². The van der Waals surface area contributed by atoms with Crippen molar-refractivity contribution >= 4 is 24.0 Å². The van der Waals surface area contributed by atoms with Gasteiger partial charge in [-0.15, -0.1) is 24.0 Å². The van der Waals surface area contributed by atoms with Gasteiger partial charge in [-0.3, -0.25) is 0 Å². The van der Waals surface area contributed by atoms with E-state index in [2.05, 4.69) is 19.0 Å². The largest absolute Gasteiger partial charge is 0.303 e. The van der Waals surface area contributed by atoms with Gasteiger partial charge in [-0.25, -0.2) is 0 Å². The molecule has 1 aliphatic carbocycles. The Bertz CT molecular complexity index is 89.1. The molecule has 1 aliphatic rings. The molecule has 0 N–H and O–H groups in total. The molecule has 0 radical (unpaired) electrons. The molecule has 1 nitrogen and oxygen atoms in total. The second-order valence-corrected chi connectivity index (χ2v) is 3.02. The molecule has 0 unspecified atom stereocenters. The van der Waals surface area contributed by atoms with E-state index in [1.54, 1.807) is 0 Å². The van der Waals surface area contributed by atoms with Crippen molar-refractivity contribution in [3.63, 3.8) is 0 Å². The van der Waals surface area contributed by atoms with Crippen molar-refractivity contribution in [3.05, 3.63) is 0 Å². The van der Waals surface area contributed by atoms with Crippen molar-refractivity contribution < 1.29 is 0 Å². The Kier molecular flexibility index (Phi) is 3.27. The Labute approximate surface area is 67.8 Å². The highest BCUT2D eigenvalue weighted by Gasteiger charge is 2.43. The summed E-state index contributed by atoms with van der Waals surface area (Å²) in [4.78, 5) is 2.22. The van der Waals surface area contributed by atoms with E-state index >= 15 is 0 Å². The van der Waals surface area contributed by atoms with Crippen LogP contribution < -0.4 is 0 Å². The van der Waals surface area contributed by atoms with Crippen LogP contribution in [0.3, 0.4) is 0 Å². The zero-order chi connectivity index (χ0) is 6.20. The van der Waals surface area contributed by atoms with Gasteiger partial charge in [0.15, 0.2) is 0 Å². The normalized spacial score (nSPS) is 21.3. The molecule has 3 heteroatoms. The smallest absolute Gasteiger partial charge is 0.0408 e. The minimum Gasteiger partial charge on any atom is -0.303 e. The highest BCUT2D eigenvalue weighted by Crippen LogP contribution is 2.40. The molecular weight excluding hydrogens is 157 g/mol. The summed E-state index contributed by atoms with van der Waals surface area (Å²) in [6, 6.07) is 0. The summed E-state index contributed by atoms with van der Waals surface area (Å²) in [6.07, 6.45) is 2.56. The van der Waals surface area contributed by atoms with Gasteiger partial charge in [0.2, 0.25) is 0 Å². The minimum absolute atomic E-state index is 0. The molecule has 9 heavy (non-hydrogen) atoms. The van der Waals surface area contributed by atoms with Gasteiger partial charge in [0, 0.05) is 11.4 Å². The van der Waals surface area contributed by atoms with Crippen LogP contribution in [0.4, 0.5) is 0 Å². The molecule has 0 atom stereocenters. The fourth-order valence-electron chi connectivity index (χ4n) is 0.845. The first-order valence-electron chi connectivity index (χ1n) is 2.95. The number of hydrogen-bond donors (Lipinski definition) is 0. The summed E-state index contributed by atoms with van der Waals surface area (Å²) in [5.74, 6) is 0.792. The summed E-state index contributed by atoms with van der Waals surface area (Å²) in [5, 5.41) is 0. The number of alkyl halides is 1. The molecule has 1 fully saturated rings. The van der Waals surface area contributed by atoms with E-state index in [0.29, 0.717) is 5.54 Å². The monoisotopic (exact) mass is 169 g/mol. The van der Waals surface area contributed by atoms with Crippen LogP contribution in [-0.4, -0.2) is 30.4 Å². The summed E-state index contributed by atoms with van der Waals surface area (Å²) in [6.45, 7) is 0. The van der Waals surface area contributed by atoms with Gasteiger partial charge in [0.05, 0.1) is 0 Å². The van der Waals surface area contributed by atoms with E-state index < -0.39 is 0 Å². The summed E-state index contributed by atoms with van der Waals surface area (Å²) in [7, 11) is 4.19. The number of hydrogen-bond acceptors (Lipinski definition) is 1. The van der Waals surface area contributed by atoms with E-state index in [1.165, 1.54) is 12.8 Å². The molecule has 0 saturated heterocycles. The van der Waals surface area contributed by atoms with E-state index in [4.69, 9.17) is 11.6 Å². The number of halogens is 2. The third-order valence-electron chi connectivity index (χ3n) is 2.02. The van der Waals surface area contributed by atoms with Gasteiger partial charge in [-0.05, 0) is 26.9 Å². The summed E-state index contributed by atoms with van der Waals surface area (Å²) >= 11 is 5.71. The first kappa shape index (κ1) is 9.54. The fourth-order valence-corrected chi connectivity index (χ4v) is 1.35. The van der Waals surface area contributed by atoms with Gasteiger partial charge in [0.1, 0.15) is 0 Å². The average Bonchev–Trinajstić information content (AvgIpc) is 2.44. The van der Waals surface area contributed by atoms with E-state index in [1.807, 2.05) is 0 Å². The second kappa shape index (κ2) is 3.09. The molecule has 1 rings (SSSR count). The molecule has 0 amide bonds. The lowest BCUT2D eigenvalue weighted by molar-refractivity contribution is 0.297. The Morgan fingerprint density at radius 1 is 1.44 bits per heavy atom. The Balaban J connectivity index is 0.000000640. The topological polar surface area (TPSA) is 3.24 Å². The standard InChI is InChI=1S/C6H12ClN.ClH/c1-8(2)6(5-7)3-4-6;/h3-5H2,1-2H3;1H. The molecule has 1 saturated carbocycles. The lowest BCUT2D eigenvalue weighted by Gasteiger charge is -2.19. The van der Waals surface area contributed by atoms with Crippen LogP contribution in [0.1, 0.15) is 12.8 Å². The molecule has 0 spiro atoms. The van der Waals surface area contributed by atoms with Gasteiger partial charge < -0.3 is 4.90 Å². The highest BCUT2D eigenvalue weighted by molar-refractivity contribution is 6.18. The van der Waals surface area contributed by atoms with E-state index in [9.17, 15) is 0 Å². The first-order chi connectivity index (χ1) is 3.71. The molecule has 0 aliphatic heterocycles. The Morgan fingerprint density at radius 2 is 1.89 bits per heavy atom. The molecular formula is C6H13Cl2N. The highest BCUT2D eigenvalue weighted by atomic mass is 35.5. The predicted molar refractivity (Wildman–Crippen MR) is 43.6 cm³/mol. The van der Waals surface area contributed by atoms with Crippen molar-refractivity contribution in [1.29, 1.82) is 0 Å². The minimum atomic E-state index is 0. The Morgan fingerprint density at radius 3 is 1.89 bits per heavy atom. The summed E-state index contributed by atoms with van der Waals surface area (Å²) < 4.78 is 0. The van der Waals surface area contributed by atoms with Crippen LogP contribution in [0, 0.1) is 0 Å². The lowest BCUT2D eigenvalue weighted by atomic mass is 10.3. The molecule has 0 heterocycles. The van der Waals surface area contributed by atoms with Crippen molar-refractivity contribution in [2.75, 3.05) is 20.0 Å². The molecule has 0 aromatic heterocycles. The van der Waals surface area contributed by atoms with E-state index in [-0.39, 0.29) is 12.4 Å². The predicted octanol–water partition coefficient (Wildman–Crippen LogP) is 1.74. The van der Waals surface area contributed by atoms with Crippen LogP contribution in [0.25, 0.3) is 0 Å². The first-order valence-corrected chi connectivity index (χ1v) is 3.48.